The van der Waals surface area contributed by atoms with Gasteiger partial charge in [-0.3, -0.25) is 4.68 Å². The molecule has 1 aliphatic carbocycles. The molecule has 0 N–H and O–H groups in total. The first-order valence-corrected chi connectivity index (χ1v) is 12.3. The van der Waals surface area contributed by atoms with Crippen molar-refractivity contribution in [1.82, 2.24) is 24.7 Å². The lowest BCUT2D eigenvalue weighted by molar-refractivity contribution is 0.122. The molecule has 0 spiro atoms. The van der Waals surface area contributed by atoms with Crippen LogP contribution in [0.25, 0.3) is 21.6 Å². The molecule has 1 aromatic carbocycles. The van der Waals surface area contributed by atoms with Crippen molar-refractivity contribution < 1.29 is 9.13 Å². The van der Waals surface area contributed by atoms with Crippen LogP contribution in [0.15, 0.2) is 36.7 Å². The van der Waals surface area contributed by atoms with Crippen LogP contribution in [-0.2, 0) is 4.74 Å². The first-order chi connectivity index (χ1) is 16.5. The summed E-state index contributed by atoms with van der Waals surface area (Å²) < 4.78 is 22.8. The fourth-order valence-corrected chi connectivity index (χ4v) is 4.69. The van der Waals surface area contributed by atoms with Gasteiger partial charge >= 0.3 is 0 Å². The second-order valence-electron chi connectivity index (χ2n) is 8.36. The van der Waals surface area contributed by atoms with E-state index in [1.54, 1.807) is 12.1 Å². The molecule has 2 fully saturated rings. The molecule has 11 heteroatoms. The molecule has 3 aromatic heterocycles. The van der Waals surface area contributed by atoms with Gasteiger partial charge in [0.25, 0.3) is 0 Å². The molecule has 0 amide bonds. The van der Waals surface area contributed by atoms with Gasteiger partial charge in [-0.2, -0.15) is 15.1 Å². The molecular weight excluding hydrogens is 477 g/mol. The Bertz CT molecular complexity index is 1270. The minimum absolute atomic E-state index is 0.350. The van der Waals surface area contributed by atoms with Crippen LogP contribution in [0.1, 0.15) is 18.9 Å². The van der Waals surface area contributed by atoms with E-state index in [0.29, 0.717) is 54.2 Å². The molecule has 6 rings (SSSR count). The molecule has 1 saturated heterocycles. The van der Waals surface area contributed by atoms with Crippen molar-refractivity contribution in [3.63, 3.8) is 0 Å². The van der Waals surface area contributed by atoms with Gasteiger partial charge in [-0.15, -0.1) is 0 Å². The summed E-state index contributed by atoms with van der Waals surface area (Å²) in [5, 5.41) is 5.24. The number of benzene rings is 1. The lowest BCUT2D eigenvalue weighted by Gasteiger charge is -2.27. The molecular formula is C23H25ClFN7OS. The van der Waals surface area contributed by atoms with Gasteiger partial charge in [0, 0.05) is 50.2 Å². The summed E-state index contributed by atoms with van der Waals surface area (Å²) in [6.45, 7) is 2.62. The van der Waals surface area contributed by atoms with Crippen LogP contribution in [0, 0.1) is 5.82 Å². The molecule has 1 saturated carbocycles. The number of hydrogen-bond donors (Lipinski definition) is 0. The topological polar surface area (TPSA) is 72.2 Å². The summed E-state index contributed by atoms with van der Waals surface area (Å²) in [5.41, 5.74) is 1.50. The number of halogens is 2. The SMILES string of the molecule is CN(C)c1nc2nc(N3CCOCC3)nc(-c3ccc(Cl)cc3F)c2s1.c1cnn(C2CC2)c1. The average molecular weight is 502 g/mol. The minimum atomic E-state index is -0.412. The monoisotopic (exact) mass is 501 g/mol. The first kappa shape index (κ1) is 22.9. The van der Waals surface area contributed by atoms with E-state index in [1.807, 2.05) is 47.0 Å². The van der Waals surface area contributed by atoms with Crippen LogP contribution in [-0.4, -0.2) is 65.1 Å². The number of thiazole rings is 1. The van der Waals surface area contributed by atoms with E-state index in [2.05, 4.69) is 20.1 Å². The predicted molar refractivity (Wildman–Crippen MR) is 133 cm³/mol. The van der Waals surface area contributed by atoms with Crippen molar-refractivity contribution in [3.8, 4) is 11.3 Å². The quantitative estimate of drug-likeness (QED) is 0.402. The third-order valence-corrected chi connectivity index (χ3v) is 6.99. The van der Waals surface area contributed by atoms with Gasteiger partial charge in [-0.1, -0.05) is 22.9 Å². The predicted octanol–water partition coefficient (Wildman–Crippen LogP) is 4.67. The Morgan fingerprint density at radius 3 is 2.59 bits per heavy atom. The molecule has 4 aromatic rings. The molecule has 178 valence electrons. The zero-order valence-electron chi connectivity index (χ0n) is 19.0. The van der Waals surface area contributed by atoms with E-state index >= 15 is 0 Å². The fourth-order valence-electron chi connectivity index (χ4n) is 3.60. The number of fused-ring (bicyclic) bond motifs is 1. The van der Waals surface area contributed by atoms with E-state index in [1.165, 1.54) is 30.2 Å². The number of morpholine rings is 1. The van der Waals surface area contributed by atoms with Gasteiger partial charge in [0.2, 0.25) is 5.95 Å². The maximum Gasteiger partial charge on any atom is 0.228 e. The Morgan fingerprint density at radius 1 is 1.15 bits per heavy atom. The molecule has 1 aliphatic heterocycles. The Balaban J connectivity index is 0.000000252. The summed E-state index contributed by atoms with van der Waals surface area (Å²) in [5.74, 6) is 0.131. The van der Waals surface area contributed by atoms with Gasteiger partial charge in [0.15, 0.2) is 10.8 Å². The molecule has 0 radical (unpaired) electrons. The highest BCUT2D eigenvalue weighted by molar-refractivity contribution is 7.22. The van der Waals surface area contributed by atoms with E-state index in [9.17, 15) is 4.39 Å². The standard InChI is InChI=1S/C17H17ClFN5OS.C6H8N2/c1-23(2)17-22-15-14(26-17)13(11-4-3-10(18)9-12(11)19)20-16(21-15)24-5-7-25-8-6-24;1-4-7-8(5-1)6-2-3-6/h3-4,9H,5-8H2,1-2H3;1,4-6H,2-3H2. The van der Waals surface area contributed by atoms with Crippen LogP contribution < -0.4 is 9.80 Å². The van der Waals surface area contributed by atoms with Crippen molar-refractivity contribution in [2.24, 2.45) is 0 Å². The molecule has 34 heavy (non-hydrogen) atoms. The molecule has 2 aliphatic rings. The van der Waals surface area contributed by atoms with E-state index in [0.717, 1.165) is 15.9 Å². The zero-order valence-corrected chi connectivity index (χ0v) is 20.6. The van der Waals surface area contributed by atoms with Gasteiger partial charge < -0.3 is 14.5 Å². The van der Waals surface area contributed by atoms with Crippen LogP contribution >= 0.6 is 22.9 Å². The lowest BCUT2D eigenvalue weighted by Crippen LogP contribution is -2.37. The van der Waals surface area contributed by atoms with E-state index in [4.69, 9.17) is 16.3 Å². The average Bonchev–Trinajstić information content (AvgIpc) is 3.35. The smallest absolute Gasteiger partial charge is 0.228 e. The summed E-state index contributed by atoms with van der Waals surface area (Å²) in [7, 11) is 3.83. The summed E-state index contributed by atoms with van der Waals surface area (Å²) >= 11 is 7.35. The molecule has 8 nitrogen and oxygen atoms in total. The third-order valence-electron chi connectivity index (χ3n) is 5.54. The largest absolute Gasteiger partial charge is 0.378 e. The normalized spacial score (nSPS) is 15.8. The number of ether oxygens (including phenoxy) is 1. The Kier molecular flexibility index (Phi) is 6.62. The van der Waals surface area contributed by atoms with Crippen molar-refractivity contribution in [2.45, 2.75) is 18.9 Å². The maximum atomic E-state index is 14.6. The summed E-state index contributed by atoms with van der Waals surface area (Å²) in [6.07, 6.45) is 6.50. The van der Waals surface area contributed by atoms with Crippen LogP contribution in [0.5, 0.6) is 0 Å². The van der Waals surface area contributed by atoms with Crippen molar-refractivity contribution in [3.05, 3.63) is 47.5 Å². The molecule has 0 bridgehead atoms. The Morgan fingerprint density at radius 2 is 1.94 bits per heavy atom. The first-order valence-electron chi connectivity index (χ1n) is 11.1. The van der Waals surface area contributed by atoms with Crippen LogP contribution in [0.2, 0.25) is 5.02 Å². The maximum absolute atomic E-state index is 14.6. The molecule has 0 atom stereocenters. The number of hydrogen-bond acceptors (Lipinski definition) is 8. The van der Waals surface area contributed by atoms with Crippen molar-refractivity contribution >= 4 is 44.4 Å². The van der Waals surface area contributed by atoms with Gasteiger partial charge in [0.05, 0.1) is 24.9 Å². The Labute approximate surface area is 206 Å². The summed E-state index contributed by atoms with van der Waals surface area (Å²) in [4.78, 5) is 17.8. The highest BCUT2D eigenvalue weighted by atomic mass is 35.5. The van der Waals surface area contributed by atoms with E-state index < -0.39 is 5.82 Å². The highest BCUT2D eigenvalue weighted by Gasteiger charge is 2.23. The summed E-state index contributed by atoms with van der Waals surface area (Å²) in [6, 6.07) is 7.32. The number of rotatable bonds is 4. The zero-order chi connectivity index (χ0) is 23.7. The van der Waals surface area contributed by atoms with Gasteiger partial charge in [0.1, 0.15) is 10.5 Å². The van der Waals surface area contributed by atoms with Crippen LogP contribution in [0.3, 0.4) is 0 Å². The second kappa shape index (κ2) is 9.81. The fraction of sp³-hybridized carbons (Fsp3) is 0.391. The number of aromatic nitrogens is 5. The van der Waals surface area contributed by atoms with Crippen molar-refractivity contribution in [1.29, 1.82) is 0 Å². The number of anilines is 2. The van der Waals surface area contributed by atoms with E-state index in [-0.39, 0.29) is 0 Å². The van der Waals surface area contributed by atoms with Crippen molar-refractivity contribution in [2.75, 3.05) is 50.2 Å². The van der Waals surface area contributed by atoms with Gasteiger partial charge in [-0.25, -0.2) is 9.37 Å². The third kappa shape index (κ3) is 4.98. The second-order valence-corrected chi connectivity index (χ2v) is 9.77. The van der Waals surface area contributed by atoms with Gasteiger partial charge in [-0.05, 0) is 37.1 Å². The number of nitrogens with zero attached hydrogens (tertiary/aromatic N) is 7. The highest BCUT2D eigenvalue weighted by Crippen LogP contribution is 2.37. The molecule has 4 heterocycles. The van der Waals surface area contributed by atoms with Crippen LogP contribution in [0.4, 0.5) is 15.5 Å². The minimum Gasteiger partial charge on any atom is -0.378 e. The molecule has 0 unspecified atom stereocenters. The Hall–Kier alpha value is -2.82. The lowest BCUT2D eigenvalue weighted by atomic mass is 10.1.